The summed E-state index contributed by atoms with van der Waals surface area (Å²) in [7, 11) is 0. The summed E-state index contributed by atoms with van der Waals surface area (Å²) in [5, 5.41) is 0. The molecule has 1 heterocycles. The molecule has 1 amide bonds. The largest absolute Gasteiger partial charge is 0.466 e. The third-order valence-electron chi connectivity index (χ3n) is 5.90. The second-order valence-electron chi connectivity index (χ2n) is 7.77. The van der Waals surface area contributed by atoms with Crippen molar-refractivity contribution in [2.24, 2.45) is 10.8 Å². The standard InChI is InChI=1S/C18H33NO3/c1-14(19-12-9-7-8-10-16(19)21)18(5,6)17(3,4)11-13-22-15(2)20/h14H,7-13H2,1-6H3. The Morgan fingerprint density at radius 3 is 2.45 bits per heavy atom. The van der Waals surface area contributed by atoms with Gasteiger partial charge in [-0.05, 0) is 37.0 Å². The highest BCUT2D eigenvalue weighted by atomic mass is 16.5. The van der Waals surface area contributed by atoms with Crippen LogP contribution in [-0.4, -0.2) is 36.0 Å². The number of rotatable bonds is 6. The first-order valence-electron chi connectivity index (χ1n) is 8.52. The van der Waals surface area contributed by atoms with Crippen LogP contribution in [0.2, 0.25) is 0 Å². The van der Waals surface area contributed by atoms with E-state index in [1.807, 2.05) is 0 Å². The Labute approximate surface area is 135 Å². The Hall–Kier alpha value is -1.06. The maximum absolute atomic E-state index is 12.4. The molecule has 0 aromatic heterocycles. The minimum atomic E-state index is -0.232. The quantitative estimate of drug-likeness (QED) is 0.701. The van der Waals surface area contributed by atoms with Gasteiger partial charge in [0.05, 0.1) is 6.61 Å². The van der Waals surface area contributed by atoms with Gasteiger partial charge in [0.15, 0.2) is 0 Å². The summed E-state index contributed by atoms with van der Waals surface area (Å²) in [4.78, 5) is 25.4. The predicted octanol–water partition coefficient (Wildman–Crippen LogP) is 3.78. The van der Waals surface area contributed by atoms with E-state index in [4.69, 9.17) is 4.74 Å². The van der Waals surface area contributed by atoms with Crippen LogP contribution >= 0.6 is 0 Å². The number of ether oxygens (including phenoxy) is 1. The molecule has 0 aromatic carbocycles. The van der Waals surface area contributed by atoms with Crippen LogP contribution in [0.1, 0.15) is 73.6 Å². The van der Waals surface area contributed by atoms with Crippen LogP contribution in [-0.2, 0) is 14.3 Å². The maximum Gasteiger partial charge on any atom is 0.302 e. The van der Waals surface area contributed by atoms with Crippen LogP contribution < -0.4 is 0 Å². The van der Waals surface area contributed by atoms with Crippen molar-refractivity contribution < 1.29 is 14.3 Å². The van der Waals surface area contributed by atoms with Gasteiger partial charge in [0, 0.05) is 25.9 Å². The molecule has 0 spiro atoms. The average molecular weight is 311 g/mol. The lowest BCUT2D eigenvalue weighted by Gasteiger charge is -2.49. The van der Waals surface area contributed by atoms with Crippen LogP contribution in [0, 0.1) is 10.8 Å². The predicted molar refractivity (Wildman–Crippen MR) is 88.5 cm³/mol. The smallest absolute Gasteiger partial charge is 0.302 e. The van der Waals surface area contributed by atoms with Crippen molar-refractivity contribution in [2.45, 2.75) is 79.7 Å². The van der Waals surface area contributed by atoms with Crippen LogP contribution in [0.3, 0.4) is 0 Å². The van der Waals surface area contributed by atoms with Gasteiger partial charge in [0.2, 0.25) is 5.91 Å². The summed E-state index contributed by atoms with van der Waals surface area (Å²) in [6, 6.07) is 0.172. The average Bonchev–Trinajstić information content (AvgIpc) is 2.61. The molecule has 0 aromatic rings. The van der Waals surface area contributed by atoms with Gasteiger partial charge in [-0.2, -0.15) is 0 Å². The Kier molecular flexibility index (Phi) is 6.45. The number of esters is 1. The normalized spacial score (nSPS) is 18.8. The molecule has 4 heteroatoms. The van der Waals surface area contributed by atoms with Gasteiger partial charge in [-0.25, -0.2) is 0 Å². The van der Waals surface area contributed by atoms with Gasteiger partial charge in [0.1, 0.15) is 0 Å². The summed E-state index contributed by atoms with van der Waals surface area (Å²) in [5.74, 6) is 0.0539. The number of nitrogens with zero attached hydrogens (tertiary/aromatic N) is 1. The van der Waals surface area contributed by atoms with Gasteiger partial charge < -0.3 is 9.64 Å². The summed E-state index contributed by atoms with van der Waals surface area (Å²) in [6.07, 6.45) is 4.73. The summed E-state index contributed by atoms with van der Waals surface area (Å²) in [6.45, 7) is 13.8. The molecule has 1 saturated heterocycles. The van der Waals surface area contributed by atoms with Gasteiger partial charge >= 0.3 is 5.97 Å². The lowest BCUT2D eigenvalue weighted by molar-refractivity contribution is -0.143. The van der Waals surface area contributed by atoms with Crippen molar-refractivity contribution in [2.75, 3.05) is 13.2 Å². The minimum absolute atomic E-state index is 0.0333. The van der Waals surface area contributed by atoms with Crippen molar-refractivity contribution in [1.29, 1.82) is 0 Å². The Bertz CT molecular complexity index is 401. The SMILES string of the molecule is CC(=O)OCCC(C)(C)C(C)(C)C(C)N1CCCCCC1=O. The number of amides is 1. The van der Waals surface area contributed by atoms with E-state index in [0.29, 0.717) is 13.0 Å². The van der Waals surface area contributed by atoms with E-state index in [0.717, 1.165) is 32.2 Å². The first kappa shape index (κ1) is 19.0. The second-order valence-corrected chi connectivity index (χ2v) is 7.77. The van der Waals surface area contributed by atoms with Crippen molar-refractivity contribution in [3.8, 4) is 0 Å². The highest BCUT2D eigenvalue weighted by Gasteiger charge is 2.44. The Morgan fingerprint density at radius 2 is 1.86 bits per heavy atom. The summed E-state index contributed by atoms with van der Waals surface area (Å²) < 4.78 is 5.12. The zero-order chi connectivity index (χ0) is 17.0. The third kappa shape index (κ3) is 4.47. The molecule has 0 bridgehead atoms. The molecular formula is C18H33NO3. The Balaban J connectivity index is 2.80. The molecule has 1 aliphatic rings. The fraction of sp³-hybridized carbons (Fsp3) is 0.889. The Morgan fingerprint density at radius 1 is 1.23 bits per heavy atom. The summed E-state index contributed by atoms with van der Waals surface area (Å²) in [5.41, 5.74) is -0.0956. The molecule has 4 nitrogen and oxygen atoms in total. The number of hydrogen-bond donors (Lipinski definition) is 0. The molecular weight excluding hydrogens is 278 g/mol. The van der Waals surface area contributed by atoms with Gasteiger partial charge in [-0.1, -0.05) is 34.1 Å². The van der Waals surface area contributed by atoms with Crippen molar-refractivity contribution in [3.63, 3.8) is 0 Å². The highest BCUT2D eigenvalue weighted by molar-refractivity contribution is 5.76. The molecule has 22 heavy (non-hydrogen) atoms. The third-order valence-corrected chi connectivity index (χ3v) is 5.90. The molecule has 0 saturated carbocycles. The van der Waals surface area contributed by atoms with E-state index in [1.54, 1.807) is 0 Å². The molecule has 0 radical (unpaired) electrons. The van der Waals surface area contributed by atoms with Crippen molar-refractivity contribution >= 4 is 11.9 Å². The lowest BCUT2D eigenvalue weighted by Crippen LogP contribution is -2.52. The van der Waals surface area contributed by atoms with Crippen LogP contribution in [0.5, 0.6) is 0 Å². The molecule has 0 aliphatic carbocycles. The van der Waals surface area contributed by atoms with E-state index in [2.05, 4.69) is 39.5 Å². The lowest BCUT2D eigenvalue weighted by atomic mass is 9.62. The van der Waals surface area contributed by atoms with Crippen LogP contribution in [0.25, 0.3) is 0 Å². The van der Waals surface area contributed by atoms with Gasteiger partial charge in [-0.3, -0.25) is 9.59 Å². The fourth-order valence-corrected chi connectivity index (χ4v) is 3.14. The number of likely N-dealkylation sites (tertiary alicyclic amines) is 1. The van der Waals surface area contributed by atoms with Crippen molar-refractivity contribution in [1.82, 2.24) is 4.90 Å². The van der Waals surface area contributed by atoms with Gasteiger partial charge in [0.25, 0.3) is 0 Å². The zero-order valence-electron chi connectivity index (χ0n) is 15.2. The van der Waals surface area contributed by atoms with Crippen molar-refractivity contribution in [3.05, 3.63) is 0 Å². The monoisotopic (exact) mass is 311 g/mol. The van der Waals surface area contributed by atoms with E-state index >= 15 is 0 Å². The molecule has 1 fully saturated rings. The topological polar surface area (TPSA) is 46.6 Å². The van der Waals surface area contributed by atoms with E-state index < -0.39 is 0 Å². The second kappa shape index (κ2) is 7.47. The number of carbonyl (C=O) groups excluding carboxylic acids is 2. The molecule has 1 rings (SSSR count). The molecule has 0 N–H and O–H groups in total. The molecule has 1 unspecified atom stereocenters. The number of carbonyl (C=O) groups is 2. The summed E-state index contributed by atoms with van der Waals surface area (Å²) >= 11 is 0. The zero-order valence-corrected chi connectivity index (χ0v) is 15.2. The molecule has 128 valence electrons. The van der Waals surface area contributed by atoms with E-state index in [9.17, 15) is 9.59 Å². The van der Waals surface area contributed by atoms with Crippen LogP contribution in [0.4, 0.5) is 0 Å². The fourth-order valence-electron chi connectivity index (χ4n) is 3.14. The maximum atomic E-state index is 12.4. The van der Waals surface area contributed by atoms with E-state index in [-0.39, 0.29) is 28.7 Å². The molecule has 1 aliphatic heterocycles. The van der Waals surface area contributed by atoms with Crippen LogP contribution in [0.15, 0.2) is 0 Å². The highest BCUT2D eigenvalue weighted by Crippen LogP contribution is 2.46. The van der Waals surface area contributed by atoms with E-state index in [1.165, 1.54) is 6.92 Å². The van der Waals surface area contributed by atoms with Gasteiger partial charge in [-0.15, -0.1) is 0 Å². The first-order valence-corrected chi connectivity index (χ1v) is 8.52. The number of hydrogen-bond acceptors (Lipinski definition) is 3. The minimum Gasteiger partial charge on any atom is -0.466 e. The first-order chi connectivity index (χ1) is 10.1. The molecule has 1 atom stereocenters.